The summed E-state index contributed by atoms with van der Waals surface area (Å²) in [6, 6.07) is 7.96. The van der Waals surface area contributed by atoms with Crippen molar-refractivity contribution in [1.29, 1.82) is 0 Å². The lowest BCUT2D eigenvalue weighted by atomic mass is 10.1. The van der Waals surface area contributed by atoms with Crippen molar-refractivity contribution in [3.8, 4) is 5.75 Å². The first-order valence-electron chi connectivity index (χ1n) is 9.87. The summed E-state index contributed by atoms with van der Waals surface area (Å²) in [5.41, 5.74) is 1.08. The molecule has 0 saturated carbocycles. The van der Waals surface area contributed by atoms with Crippen LogP contribution >= 0.6 is 0 Å². The van der Waals surface area contributed by atoms with Crippen LogP contribution in [0, 0.1) is 0 Å². The van der Waals surface area contributed by atoms with Crippen LogP contribution in [0.25, 0.3) is 0 Å². The van der Waals surface area contributed by atoms with Crippen LogP contribution in [0.2, 0.25) is 0 Å². The minimum absolute atomic E-state index is 0.0493. The fourth-order valence-corrected chi connectivity index (χ4v) is 3.69. The van der Waals surface area contributed by atoms with Crippen LogP contribution in [0.5, 0.6) is 5.75 Å². The normalized spacial score (nSPS) is 15.7. The molecule has 0 atom stereocenters. The van der Waals surface area contributed by atoms with E-state index in [1.165, 1.54) is 6.07 Å². The molecule has 3 N–H and O–H groups in total. The van der Waals surface area contributed by atoms with Gasteiger partial charge in [0.05, 0.1) is 11.3 Å². The van der Waals surface area contributed by atoms with Crippen molar-refractivity contribution in [1.82, 2.24) is 5.32 Å². The van der Waals surface area contributed by atoms with E-state index in [2.05, 4.69) is 16.0 Å². The van der Waals surface area contributed by atoms with Crippen LogP contribution < -0.4 is 25.6 Å². The Kier molecular flexibility index (Phi) is 5.62. The Balaban J connectivity index is 1.48. The van der Waals surface area contributed by atoms with Gasteiger partial charge >= 0.3 is 12.2 Å². The SMILES string of the molecule is O=C1COc2cccc(NC(=O)NCc3ccc(C(F)(F)F)cc3N3CCCC3)c2N1. The molecule has 10 heteroatoms. The van der Waals surface area contributed by atoms with Gasteiger partial charge in [0, 0.05) is 25.3 Å². The highest BCUT2D eigenvalue weighted by molar-refractivity contribution is 6.02. The van der Waals surface area contributed by atoms with Gasteiger partial charge in [-0.15, -0.1) is 0 Å². The molecule has 0 radical (unpaired) electrons. The van der Waals surface area contributed by atoms with E-state index in [4.69, 9.17) is 4.74 Å². The Morgan fingerprint density at radius 2 is 1.94 bits per heavy atom. The Morgan fingerprint density at radius 1 is 1.16 bits per heavy atom. The smallest absolute Gasteiger partial charge is 0.416 e. The highest BCUT2D eigenvalue weighted by Crippen LogP contribution is 2.36. The second-order valence-corrected chi connectivity index (χ2v) is 7.36. The predicted octanol–water partition coefficient (Wildman–Crippen LogP) is 3.96. The molecule has 164 valence electrons. The van der Waals surface area contributed by atoms with E-state index in [1.807, 2.05) is 4.90 Å². The number of nitrogens with one attached hydrogen (secondary N) is 3. The summed E-state index contributed by atoms with van der Waals surface area (Å²) in [7, 11) is 0. The average molecular weight is 434 g/mol. The highest BCUT2D eigenvalue weighted by atomic mass is 19.4. The molecule has 0 unspecified atom stereocenters. The van der Waals surface area contributed by atoms with E-state index in [-0.39, 0.29) is 19.1 Å². The molecule has 0 aliphatic carbocycles. The minimum atomic E-state index is -4.43. The number of carbonyl (C=O) groups excluding carboxylic acids is 2. The molecule has 2 aliphatic rings. The van der Waals surface area contributed by atoms with Gasteiger partial charge < -0.3 is 25.6 Å². The molecule has 0 aromatic heterocycles. The molecule has 2 aliphatic heterocycles. The highest BCUT2D eigenvalue weighted by Gasteiger charge is 2.32. The predicted molar refractivity (Wildman–Crippen MR) is 109 cm³/mol. The first-order chi connectivity index (χ1) is 14.8. The van der Waals surface area contributed by atoms with Gasteiger partial charge in [0.1, 0.15) is 11.4 Å². The van der Waals surface area contributed by atoms with E-state index in [1.54, 1.807) is 18.2 Å². The first-order valence-corrected chi connectivity index (χ1v) is 9.87. The number of carbonyl (C=O) groups is 2. The van der Waals surface area contributed by atoms with Crippen LogP contribution in [0.1, 0.15) is 24.0 Å². The third kappa shape index (κ3) is 4.68. The summed E-state index contributed by atoms with van der Waals surface area (Å²) >= 11 is 0. The van der Waals surface area contributed by atoms with Crippen LogP contribution in [0.15, 0.2) is 36.4 Å². The Hall–Kier alpha value is -3.43. The molecule has 1 saturated heterocycles. The maximum absolute atomic E-state index is 13.2. The van der Waals surface area contributed by atoms with Crippen molar-refractivity contribution in [3.05, 3.63) is 47.5 Å². The van der Waals surface area contributed by atoms with Gasteiger partial charge in [-0.25, -0.2) is 4.79 Å². The quantitative estimate of drug-likeness (QED) is 0.681. The van der Waals surface area contributed by atoms with Gasteiger partial charge in [0.25, 0.3) is 5.91 Å². The molecule has 31 heavy (non-hydrogen) atoms. The fourth-order valence-electron chi connectivity index (χ4n) is 3.69. The van der Waals surface area contributed by atoms with Crippen molar-refractivity contribution >= 4 is 29.0 Å². The van der Waals surface area contributed by atoms with E-state index in [0.717, 1.165) is 25.0 Å². The Morgan fingerprint density at radius 3 is 2.68 bits per heavy atom. The second-order valence-electron chi connectivity index (χ2n) is 7.36. The molecule has 2 aromatic rings. The van der Waals surface area contributed by atoms with Gasteiger partial charge in [-0.1, -0.05) is 12.1 Å². The topological polar surface area (TPSA) is 82.7 Å². The molecule has 0 bridgehead atoms. The molecular formula is C21H21F3N4O3. The van der Waals surface area contributed by atoms with Crippen molar-refractivity contribution in [2.75, 3.05) is 35.2 Å². The number of para-hydroxylation sites is 1. The Labute approximate surface area is 176 Å². The van der Waals surface area contributed by atoms with Crippen LogP contribution in [0.3, 0.4) is 0 Å². The maximum Gasteiger partial charge on any atom is 0.416 e. The minimum Gasteiger partial charge on any atom is -0.481 e. The van der Waals surface area contributed by atoms with Gasteiger partial charge in [-0.2, -0.15) is 13.2 Å². The van der Waals surface area contributed by atoms with E-state index < -0.39 is 17.8 Å². The number of alkyl halides is 3. The lowest BCUT2D eigenvalue weighted by Crippen LogP contribution is -2.31. The third-order valence-electron chi connectivity index (χ3n) is 5.20. The number of rotatable bonds is 4. The third-order valence-corrected chi connectivity index (χ3v) is 5.20. The molecule has 1 fully saturated rings. The molecule has 7 nitrogen and oxygen atoms in total. The number of nitrogens with zero attached hydrogens (tertiary/aromatic N) is 1. The van der Waals surface area contributed by atoms with E-state index in [9.17, 15) is 22.8 Å². The number of benzene rings is 2. The van der Waals surface area contributed by atoms with Crippen LogP contribution in [0.4, 0.5) is 35.0 Å². The van der Waals surface area contributed by atoms with E-state index >= 15 is 0 Å². The molecule has 0 spiro atoms. The number of amides is 3. The van der Waals surface area contributed by atoms with Gasteiger partial charge in [-0.05, 0) is 42.7 Å². The fraction of sp³-hybridized carbons (Fsp3) is 0.333. The zero-order valence-electron chi connectivity index (χ0n) is 16.5. The summed E-state index contributed by atoms with van der Waals surface area (Å²) in [5.74, 6) is 0.110. The second kappa shape index (κ2) is 8.37. The summed E-state index contributed by atoms with van der Waals surface area (Å²) < 4.78 is 44.8. The number of fused-ring (bicyclic) bond motifs is 1. The summed E-state index contributed by atoms with van der Waals surface area (Å²) in [6.07, 6.45) is -2.61. The largest absolute Gasteiger partial charge is 0.481 e. The standard InChI is InChI=1S/C21H21F3N4O3/c22-21(23,24)14-7-6-13(16(10-14)28-8-1-2-9-28)11-25-20(30)26-15-4-3-5-17-19(15)27-18(29)12-31-17/h3-7,10H,1-2,8-9,11-12H2,(H,27,29)(H2,25,26,30). The van der Waals surface area contributed by atoms with Gasteiger partial charge in [0.15, 0.2) is 6.61 Å². The zero-order valence-corrected chi connectivity index (χ0v) is 16.5. The van der Waals surface area contributed by atoms with Crippen molar-refractivity contribution < 1.29 is 27.5 Å². The number of ether oxygens (including phenoxy) is 1. The molecule has 3 amide bonds. The van der Waals surface area contributed by atoms with Crippen LogP contribution in [-0.4, -0.2) is 31.6 Å². The maximum atomic E-state index is 13.2. The lowest BCUT2D eigenvalue weighted by Gasteiger charge is -2.23. The van der Waals surface area contributed by atoms with Crippen LogP contribution in [-0.2, 0) is 17.5 Å². The molecule has 2 aromatic carbocycles. The van der Waals surface area contributed by atoms with Crippen molar-refractivity contribution in [3.63, 3.8) is 0 Å². The van der Waals surface area contributed by atoms with E-state index in [0.29, 0.717) is 41.5 Å². The van der Waals surface area contributed by atoms with Gasteiger partial charge in [-0.3, -0.25) is 4.79 Å². The zero-order chi connectivity index (χ0) is 22.0. The molecular weight excluding hydrogens is 413 g/mol. The van der Waals surface area contributed by atoms with Gasteiger partial charge in [0.2, 0.25) is 0 Å². The number of anilines is 3. The Bertz CT molecular complexity index is 1000. The monoisotopic (exact) mass is 434 g/mol. The molecule has 2 heterocycles. The van der Waals surface area contributed by atoms with Crippen molar-refractivity contribution in [2.45, 2.75) is 25.6 Å². The number of hydrogen-bond acceptors (Lipinski definition) is 4. The number of halogens is 3. The first kappa shape index (κ1) is 20.8. The summed E-state index contributed by atoms with van der Waals surface area (Å²) in [6.45, 7) is 1.30. The number of hydrogen-bond donors (Lipinski definition) is 3. The summed E-state index contributed by atoms with van der Waals surface area (Å²) in [4.78, 5) is 25.9. The summed E-state index contributed by atoms with van der Waals surface area (Å²) in [5, 5.41) is 7.98. The van der Waals surface area contributed by atoms with Crippen molar-refractivity contribution in [2.24, 2.45) is 0 Å². The average Bonchev–Trinajstić information content (AvgIpc) is 3.26. The number of urea groups is 1. The lowest BCUT2D eigenvalue weighted by molar-refractivity contribution is -0.137. The molecule has 4 rings (SSSR count).